The van der Waals surface area contributed by atoms with E-state index in [2.05, 4.69) is 17.0 Å². The number of esters is 1. The summed E-state index contributed by atoms with van der Waals surface area (Å²) in [5, 5.41) is 8.78. The molecule has 148 valence electrons. The second-order valence-corrected chi connectivity index (χ2v) is 6.38. The summed E-state index contributed by atoms with van der Waals surface area (Å²) >= 11 is 6.29. The average Bonchev–Trinajstić information content (AvgIpc) is 2.93. The molecule has 0 aliphatic rings. The lowest BCUT2D eigenvalue weighted by molar-refractivity contribution is -0.123. The van der Waals surface area contributed by atoms with E-state index in [0.717, 1.165) is 11.1 Å². The number of carbonyl (C=O) groups is 3. The highest BCUT2D eigenvalue weighted by molar-refractivity contribution is 6.32. The summed E-state index contributed by atoms with van der Waals surface area (Å²) in [7, 11) is 0. The van der Waals surface area contributed by atoms with Crippen LogP contribution < -0.4 is 10.6 Å². The molecule has 2 aromatic rings. The predicted molar refractivity (Wildman–Crippen MR) is 104 cm³/mol. The zero-order valence-corrected chi connectivity index (χ0v) is 16.4. The first-order valence-corrected chi connectivity index (χ1v) is 8.83. The van der Waals surface area contributed by atoms with Crippen molar-refractivity contribution in [2.24, 2.45) is 0 Å². The van der Waals surface area contributed by atoms with Gasteiger partial charge in [-0.15, -0.1) is 6.58 Å². The van der Waals surface area contributed by atoms with Crippen molar-refractivity contribution in [1.82, 2.24) is 20.4 Å². The molecule has 1 aromatic carbocycles. The lowest BCUT2D eigenvalue weighted by atomic mass is 10.1. The molecule has 28 heavy (non-hydrogen) atoms. The Morgan fingerprint density at radius 2 is 1.93 bits per heavy atom. The third-order valence-electron chi connectivity index (χ3n) is 3.72. The van der Waals surface area contributed by atoms with E-state index in [-0.39, 0.29) is 17.3 Å². The molecule has 0 saturated carbocycles. The van der Waals surface area contributed by atoms with Crippen molar-refractivity contribution in [1.29, 1.82) is 0 Å². The number of urea groups is 1. The van der Waals surface area contributed by atoms with Crippen LogP contribution in [0, 0.1) is 13.8 Å². The third-order valence-corrected chi connectivity index (χ3v) is 4.10. The maximum atomic E-state index is 12.3. The maximum Gasteiger partial charge on any atom is 0.343 e. The van der Waals surface area contributed by atoms with E-state index in [0.29, 0.717) is 12.2 Å². The highest BCUT2D eigenvalue weighted by atomic mass is 35.5. The molecule has 1 heterocycles. The molecule has 0 fully saturated rings. The van der Waals surface area contributed by atoms with Crippen LogP contribution in [0.4, 0.5) is 4.79 Å². The summed E-state index contributed by atoms with van der Waals surface area (Å²) in [6.45, 7) is 7.01. The first kappa shape index (κ1) is 21.2. The van der Waals surface area contributed by atoms with Crippen molar-refractivity contribution in [2.75, 3.05) is 13.2 Å². The summed E-state index contributed by atoms with van der Waals surface area (Å²) < 4.78 is 6.43. The largest absolute Gasteiger partial charge is 0.452 e. The molecule has 2 N–H and O–H groups in total. The number of halogens is 1. The van der Waals surface area contributed by atoms with Crippen LogP contribution in [0.25, 0.3) is 0 Å². The van der Waals surface area contributed by atoms with E-state index < -0.39 is 24.5 Å². The van der Waals surface area contributed by atoms with Crippen LogP contribution in [0.15, 0.2) is 36.9 Å². The van der Waals surface area contributed by atoms with Gasteiger partial charge in [0.1, 0.15) is 10.7 Å². The first-order chi connectivity index (χ1) is 13.3. The predicted octanol–water partition coefficient (Wildman–Crippen LogP) is 2.37. The Morgan fingerprint density at radius 1 is 1.25 bits per heavy atom. The van der Waals surface area contributed by atoms with Gasteiger partial charge in [-0.05, 0) is 19.4 Å². The fourth-order valence-electron chi connectivity index (χ4n) is 2.33. The molecule has 9 heteroatoms. The number of ether oxygens (including phenoxy) is 1. The quantitative estimate of drug-likeness (QED) is 0.544. The Labute approximate surface area is 167 Å². The molecule has 0 radical (unpaired) electrons. The molecule has 0 aliphatic heterocycles. The lowest BCUT2D eigenvalue weighted by Gasteiger charge is -2.07. The van der Waals surface area contributed by atoms with Gasteiger partial charge in [-0.1, -0.05) is 47.5 Å². The normalized spacial score (nSPS) is 10.2. The van der Waals surface area contributed by atoms with Gasteiger partial charge in [0.05, 0.1) is 12.2 Å². The van der Waals surface area contributed by atoms with Crippen molar-refractivity contribution in [3.8, 4) is 0 Å². The summed E-state index contributed by atoms with van der Waals surface area (Å²) in [6, 6.07) is 7.13. The lowest BCUT2D eigenvalue weighted by Crippen LogP contribution is -2.41. The first-order valence-electron chi connectivity index (χ1n) is 8.46. The van der Waals surface area contributed by atoms with Crippen LogP contribution >= 0.6 is 11.6 Å². The molecular weight excluding hydrogens is 384 g/mol. The van der Waals surface area contributed by atoms with Crippen LogP contribution in [0.1, 0.15) is 27.2 Å². The van der Waals surface area contributed by atoms with Crippen LogP contribution in [0.5, 0.6) is 0 Å². The number of hydrogen-bond acceptors (Lipinski definition) is 5. The molecule has 0 saturated heterocycles. The number of amides is 3. The SMILES string of the molecule is C=CCNC(=O)NC(=O)COC(=O)c1c(C)nn(Cc2ccc(C)cc2)c1Cl. The summed E-state index contributed by atoms with van der Waals surface area (Å²) in [4.78, 5) is 35.3. The monoisotopic (exact) mass is 404 g/mol. The standard InChI is InChI=1S/C19H21ClN4O4/c1-4-9-21-19(27)22-15(25)11-28-18(26)16-13(3)23-24(17(16)20)10-14-7-5-12(2)6-8-14/h4-8H,1,9-11H2,2-3H3,(H2,21,22,25,27). The van der Waals surface area contributed by atoms with Gasteiger partial charge in [0.2, 0.25) is 0 Å². The van der Waals surface area contributed by atoms with Crippen molar-refractivity contribution >= 4 is 29.5 Å². The second-order valence-electron chi connectivity index (χ2n) is 6.02. The number of aromatic nitrogens is 2. The Morgan fingerprint density at radius 3 is 2.57 bits per heavy atom. The van der Waals surface area contributed by atoms with E-state index >= 15 is 0 Å². The third kappa shape index (κ3) is 5.68. The number of rotatable bonds is 7. The number of carbonyl (C=O) groups excluding carboxylic acids is 3. The highest BCUT2D eigenvalue weighted by Gasteiger charge is 2.22. The maximum absolute atomic E-state index is 12.3. The van der Waals surface area contributed by atoms with Gasteiger partial charge >= 0.3 is 12.0 Å². The molecule has 0 spiro atoms. The second kappa shape index (κ2) is 9.70. The van der Waals surface area contributed by atoms with Gasteiger partial charge in [-0.25, -0.2) is 14.3 Å². The number of imide groups is 1. The molecule has 2 rings (SSSR count). The van der Waals surface area contributed by atoms with Gasteiger partial charge in [0.25, 0.3) is 5.91 Å². The Hall–Kier alpha value is -3.13. The number of benzene rings is 1. The molecule has 0 atom stereocenters. The Kier molecular flexibility index (Phi) is 7.34. The van der Waals surface area contributed by atoms with Crippen molar-refractivity contribution in [2.45, 2.75) is 20.4 Å². The van der Waals surface area contributed by atoms with Gasteiger partial charge in [-0.3, -0.25) is 10.1 Å². The van der Waals surface area contributed by atoms with E-state index in [1.165, 1.54) is 10.8 Å². The van der Waals surface area contributed by atoms with Crippen molar-refractivity contribution in [3.63, 3.8) is 0 Å². The molecule has 0 unspecified atom stereocenters. The van der Waals surface area contributed by atoms with Crippen LogP contribution in [0.3, 0.4) is 0 Å². The number of nitrogens with zero attached hydrogens (tertiary/aromatic N) is 2. The smallest absolute Gasteiger partial charge is 0.343 e. The van der Waals surface area contributed by atoms with E-state index in [4.69, 9.17) is 16.3 Å². The molecule has 0 aliphatic carbocycles. The average molecular weight is 405 g/mol. The minimum absolute atomic E-state index is 0.0812. The number of aryl methyl sites for hydroxylation is 2. The zero-order chi connectivity index (χ0) is 20.7. The number of nitrogens with one attached hydrogen (secondary N) is 2. The fourth-order valence-corrected chi connectivity index (χ4v) is 2.64. The topological polar surface area (TPSA) is 102 Å². The van der Waals surface area contributed by atoms with Gasteiger partial charge < -0.3 is 10.1 Å². The van der Waals surface area contributed by atoms with Gasteiger partial charge in [0.15, 0.2) is 6.61 Å². The number of hydrogen-bond donors (Lipinski definition) is 2. The van der Waals surface area contributed by atoms with Crippen LogP contribution in [0.2, 0.25) is 5.15 Å². The highest BCUT2D eigenvalue weighted by Crippen LogP contribution is 2.22. The van der Waals surface area contributed by atoms with Crippen LogP contribution in [-0.2, 0) is 16.1 Å². The molecule has 1 aromatic heterocycles. The summed E-state index contributed by atoms with van der Waals surface area (Å²) in [5.74, 6) is -1.56. The molecule has 3 amide bonds. The minimum Gasteiger partial charge on any atom is -0.452 e. The van der Waals surface area contributed by atoms with Gasteiger partial charge in [-0.2, -0.15) is 5.10 Å². The van der Waals surface area contributed by atoms with Crippen molar-refractivity contribution < 1.29 is 19.1 Å². The molecule has 8 nitrogen and oxygen atoms in total. The van der Waals surface area contributed by atoms with Gasteiger partial charge in [0, 0.05) is 6.54 Å². The minimum atomic E-state index is -0.792. The molecular formula is C19H21ClN4O4. The van der Waals surface area contributed by atoms with Crippen LogP contribution in [-0.4, -0.2) is 40.8 Å². The van der Waals surface area contributed by atoms with E-state index in [1.807, 2.05) is 36.5 Å². The summed E-state index contributed by atoms with van der Waals surface area (Å²) in [6.07, 6.45) is 1.46. The summed E-state index contributed by atoms with van der Waals surface area (Å²) in [5.41, 5.74) is 2.57. The Balaban J connectivity index is 1.98. The molecule has 0 bridgehead atoms. The Bertz CT molecular complexity index is 890. The van der Waals surface area contributed by atoms with Crippen molar-refractivity contribution in [3.05, 3.63) is 64.5 Å². The fraction of sp³-hybridized carbons (Fsp3) is 0.263. The van der Waals surface area contributed by atoms with E-state index in [9.17, 15) is 14.4 Å². The van der Waals surface area contributed by atoms with E-state index in [1.54, 1.807) is 6.92 Å². The zero-order valence-electron chi connectivity index (χ0n) is 15.6.